The predicted octanol–water partition coefficient (Wildman–Crippen LogP) is 6.37. The molecule has 0 aromatic rings. The van der Waals surface area contributed by atoms with Crippen LogP contribution in [-0.2, 0) is 38.2 Å². The van der Waals surface area contributed by atoms with Gasteiger partial charge in [0.2, 0.25) is 5.91 Å². The van der Waals surface area contributed by atoms with Crippen LogP contribution in [0.4, 0.5) is 0 Å². The molecule has 0 aromatic heterocycles. The highest BCUT2D eigenvalue weighted by Gasteiger charge is 2.72. The normalized spacial score (nSPS) is 44.0. The Morgan fingerprint density at radius 3 is 2.23 bits per heavy atom. The fourth-order valence-electron chi connectivity index (χ4n) is 12.1. The van der Waals surface area contributed by atoms with E-state index in [2.05, 4.69) is 46.9 Å². The summed E-state index contributed by atoms with van der Waals surface area (Å²) < 4.78 is 15.7. The van der Waals surface area contributed by atoms with E-state index in [-0.39, 0.29) is 46.7 Å². The number of rotatable bonds is 7. The first-order valence-corrected chi connectivity index (χ1v) is 18.2. The third kappa shape index (κ3) is 5.35. The molecule has 5 aliphatic rings. The maximum atomic E-state index is 14.8. The van der Waals surface area contributed by atoms with Gasteiger partial charge in [-0.25, -0.2) is 4.79 Å². The Kier molecular flexibility index (Phi) is 9.57. The lowest BCUT2D eigenvalue weighted by atomic mass is 9.33. The van der Waals surface area contributed by atoms with Crippen molar-refractivity contribution in [3.8, 4) is 0 Å². The van der Waals surface area contributed by atoms with Crippen molar-refractivity contribution in [3.05, 3.63) is 11.6 Å². The molecule has 4 fully saturated rings. The topological polar surface area (TPSA) is 125 Å². The first-order chi connectivity index (χ1) is 22.3. The monoisotopic (exact) mass is 669 g/mol. The number of carbonyl (C=O) groups is 5. The van der Waals surface area contributed by atoms with Gasteiger partial charge in [0.25, 0.3) is 0 Å². The molecule has 1 N–H and O–H groups in total. The highest BCUT2D eigenvalue weighted by molar-refractivity contribution is 5.96. The van der Waals surface area contributed by atoms with Crippen LogP contribution in [-0.4, -0.2) is 56.0 Å². The summed E-state index contributed by atoms with van der Waals surface area (Å²) in [5.41, 5.74) is -0.684. The molecule has 0 aliphatic heterocycles. The van der Waals surface area contributed by atoms with Gasteiger partial charge < -0.3 is 19.5 Å². The summed E-state index contributed by atoms with van der Waals surface area (Å²) in [7, 11) is 2.51. The number of hydrogen-bond donors (Lipinski definition) is 1. The van der Waals surface area contributed by atoms with Gasteiger partial charge in [-0.05, 0) is 116 Å². The summed E-state index contributed by atoms with van der Waals surface area (Å²) >= 11 is 0. The second kappa shape index (κ2) is 12.6. The van der Waals surface area contributed by atoms with Crippen molar-refractivity contribution >= 4 is 29.6 Å². The van der Waals surface area contributed by atoms with Crippen molar-refractivity contribution in [1.82, 2.24) is 5.32 Å². The van der Waals surface area contributed by atoms with Crippen LogP contribution in [0.2, 0.25) is 0 Å². The molecule has 0 bridgehead atoms. The molecule has 5 rings (SSSR count). The van der Waals surface area contributed by atoms with Crippen LogP contribution in [0, 0.1) is 56.7 Å². The molecule has 12 atom stereocenters. The van der Waals surface area contributed by atoms with Crippen LogP contribution in [0.15, 0.2) is 11.6 Å². The van der Waals surface area contributed by atoms with Crippen LogP contribution in [0.5, 0.6) is 0 Å². The quantitative estimate of drug-likeness (QED) is 0.245. The first-order valence-electron chi connectivity index (χ1n) is 18.2. The maximum absolute atomic E-state index is 14.8. The molecular weight excluding hydrogens is 610 g/mol. The van der Waals surface area contributed by atoms with Crippen LogP contribution in [0.3, 0.4) is 0 Å². The third-order valence-electron chi connectivity index (χ3n) is 15.2. The lowest BCUT2D eigenvalue weighted by Crippen LogP contribution is -2.69. The number of nitrogens with one attached hydrogen (secondary N) is 1. The largest absolute Gasteiger partial charge is 0.469 e. The summed E-state index contributed by atoms with van der Waals surface area (Å²) in [5.74, 6) is -1.03. The summed E-state index contributed by atoms with van der Waals surface area (Å²) in [6.45, 7) is 17.3. The smallest absolute Gasteiger partial charge is 0.328 e. The molecule has 0 aromatic carbocycles. The van der Waals surface area contributed by atoms with Gasteiger partial charge in [-0.3, -0.25) is 19.2 Å². The fraction of sp³-hybridized carbons (Fsp3) is 0.821. The molecule has 0 saturated heterocycles. The minimum Gasteiger partial charge on any atom is -0.469 e. The Hall–Kier alpha value is -2.71. The number of methoxy groups -OCH3 is 2. The van der Waals surface area contributed by atoms with E-state index in [1.165, 1.54) is 39.6 Å². The average molecular weight is 670 g/mol. The Bertz CT molecular complexity index is 1390. The number of esters is 3. The van der Waals surface area contributed by atoms with Crippen molar-refractivity contribution in [2.24, 2.45) is 56.7 Å². The van der Waals surface area contributed by atoms with E-state index in [1.54, 1.807) is 0 Å². The van der Waals surface area contributed by atoms with Crippen molar-refractivity contribution in [1.29, 1.82) is 0 Å². The molecule has 4 saturated carbocycles. The van der Waals surface area contributed by atoms with Gasteiger partial charge in [-0.2, -0.15) is 0 Å². The Balaban J connectivity index is 1.56. The standard InChI is InChI=1S/C39H59NO8/c1-22-13-16-35(4)19-20-37(6)25(31(35)23(22)2)21-27(42)32-36(5)17-15-29(48-24(3)41)39(8,28(36)14-18-38(32,37)7)34(45)40-26(33(44)47-10)11-12-30(43)46-9/h21-23,26,28-29,31-32H,11-20H2,1-10H3,(H,40,45)/t22-,23+,26?,28?,29-,31?,32?,35-,36+,37-,38-,39-/m1/s1. The van der Waals surface area contributed by atoms with Gasteiger partial charge in [0.1, 0.15) is 12.1 Å². The molecule has 0 spiro atoms. The SMILES string of the molecule is COC(=O)CCC(NC(=O)[C@]1(C)C2CC[C@]3(C)C(C(=O)C=C4C5[C@@H](C)[C@H](C)CC[C@]5(C)CC[C@]43C)[C@@]2(C)CC[C@H]1OC(C)=O)C(=O)OC. The summed E-state index contributed by atoms with van der Waals surface area (Å²) in [6.07, 6.45) is 8.36. The Labute approximate surface area is 287 Å². The molecule has 4 unspecified atom stereocenters. The van der Waals surface area contributed by atoms with E-state index in [0.29, 0.717) is 37.0 Å². The minimum absolute atomic E-state index is 0.00354. The van der Waals surface area contributed by atoms with Gasteiger partial charge in [-0.1, -0.05) is 47.1 Å². The van der Waals surface area contributed by atoms with Gasteiger partial charge in [0.15, 0.2) is 5.78 Å². The predicted molar refractivity (Wildman–Crippen MR) is 180 cm³/mol. The number of allylic oxidation sites excluding steroid dienone is 2. The molecule has 0 heterocycles. The fourth-order valence-corrected chi connectivity index (χ4v) is 12.1. The number of carbonyl (C=O) groups excluding carboxylic acids is 5. The number of fused-ring (bicyclic) bond motifs is 7. The van der Waals surface area contributed by atoms with Gasteiger partial charge in [-0.15, -0.1) is 0 Å². The van der Waals surface area contributed by atoms with E-state index in [9.17, 15) is 24.0 Å². The summed E-state index contributed by atoms with van der Waals surface area (Å²) in [5, 5.41) is 2.89. The first kappa shape index (κ1) is 36.6. The number of hydrogen-bond acceptors (Lipinski definition) is 8. The zero-order chi connectivity index (χ0) is 35.6. The molecule has 1 amide bonds. The lowest BCUT2D eigenvalue weighted by molar-refractivity contribution is -0.214. The van der Waals surface area contributed by atoms with Crippen molar-refractivity contribution < 1.29 is 38.2 Å². The highest BCUT2D eigenvalue weighted by Crippen LogP contribution is 2.75. The highest BCUT2D eigenvalue weighted by atomic mass is 16.5. The molecule has 268 valence electrons. The average Bonchev–Trinajstić information content (AvgIpc) is 3.02. The van der Waals surface area contributed by atoms with E-state index in [4.69, 9.17) is 14.2 Å². The van der Waals surface area contributed by atoms with E-state index in [1.807, 2.05) is 13.0 Å². The third-order valence-corrected chi connectivity index (χ3v) is 15.2. The molecule has 9 heteroatoms. The zero-order valence-electron chi connectivity index (χ0n) is 31.0. The molecular formula is C39H59NO8. The van der Waals surface area contributed by atoms with Crippen LogP contribution in [0.25, 0.3) is 0 Å². The van der Waals surface area contributed by atoms with E-state index < -0.39 is 46.8 Å². The minimum atomic E-state index is -1.23. The summed E-state index contributed by atoms with van der Waals surface area (Å²) in [6, 6.07) is -1.09. The Morgan fingerprint density at radius 1 is 0.917 bits per heavy atom. The molecule has 5 aliphatic carbocycles. The zero-order valence-corrected chi connectivity index (χ0v) is 31.0. The molecule has 9 nitrogen and oxygen atoms in total. The van der Waals surface area contributed by atoms with Crippen molar-refractivity contribution in [2.75, 3.05) is 14.2 Å². The van der Waals surface area contributed by atoms with Crippen molar-refractivity contribution in [2.45, 2.75) is 132 Å². The summed E-state index contributed by atoms with van der Waals surface area (Å²) in [4.78, 5) is 66.6. The van der Waals surface area contributed by atoms with Crippen molar-refractivity contribution in [3.63, 3.8) is 0 Å². The second-order valence-electron chi connectivity index (χ2n) is 17.4. The van der Waals surface area contributed by atoms with E-state index in [0.717, 1.165) is 19.3 Å². The van der Waals surface area contributed by atoms with Crippen LogP contribution < -0.4 is 5.32 Å². The Morgan fingerprint density at radius 2 is 1.60 bits per heavy atom. The van der Waals surface area contributed by atoms with E-state index >= 15 is 0 Å². The van der Waals surface area contributed by atoms with Gasteiger partial charge in [0.05, 0.1) is 19.6 Å². The number of amides is 1. The lowest BCUT2D eigenvalue weighted by Gasteiger charge is -2.70. The second-order valence-corrected chi connectivity index (χ2v) is 17.4. The maximum Gasteiger partial charge on any atom is 0.328 e. The van der Waals surface area contributed by atoms with Crippen LogP contribution >= 0.6 is 0 Å². The molecule has 48 heavy (non-hydrogen) atoms. The molecule has 0 radical (unpaired) electrons. The number of ether oxygens (including phenoxy) is 3. The van der Waals surface area contributed by atoms with Gasteiger partial charge in [0, 0.05) is 19.3 Å². The van der Waals surface area contributed by atoms with Gasteiger partial charge >= 0.3 is 17.9 Å². The van der Waals surface area contributed by atoms with Crippen LogP contribution in [0.1, 0.15) is 120 Å². The number of ketones is 1.